The van der Waals surface area contributed by atoms with E-state index in [0.29, 0.717) is 24.1 Å². The maximum Gasteiger partial charge on any atom is 0.253 e. The molecule has 2 N–H and O–H groups in total. The summed E-state index contributed by atoms with van der Waals surface area (Å²) in [4.78, 5) is 25.0. The number of carbonyl (C=O) groups excluding carboxylic acids is 2. The summed E-state index contributed by atoms with van der Waals surface area (Å²) >= 11 is 0. The minimum Gasteiger partial charge on any atom is -0.350 e. The van der Waals surface area contributed by atoms with Crippen LogP contribution in [0.3, 0.4) is 0 Å². The Kier molecular flexibility index (Phi) is 6.43. The van der Waals surface area contributed by atoms with Crippen LogP contribution in [0.25, 0.3) is 10.8 Å². The van der Waals surface area contributed by atoms with E-state index in [0.717, 1.165) is 12.0 Å². The van der Waals surface area contributed by atoms with Gasteiger partial charge in [-0.05, 0) is 48.2 Å². The van der Waals surface area contributed by atoms with E-state index >= 15 is 0 Å². The molecule has 0 aromatic heterocycles. The van der Waals surface area contributed by atoms with Gasteiger partial charge in [-0.3, -0.25) is 9.59 Å². The molecule has 0 saturated heterocycles. The van der Waals surface area contributed by atoms with Crippen molar-refractivity contribution in [2.24, 2.45) is 0 Å². The summed E-state index contributed by atoms with van der Waals surface area (Å²) in [5, 5.41) is 8.19. The van der Waals surface area contributed by atoms with Gasteiger partial charge in [-0.25, -0.2) is 0 Å². The number of fused-ring (bicyclic) bond motifs is 1. The maximum atomic E-state index is 12.5. The second kappa shape index (κ2) is 9.18. The first-order valence-electron chi connectivity index (χ1n) is 9.75. The van der Waals surface area contributed by atoms with Gasteiger partial charge >= 0.3 is 0 Å². The Morgan fingerprint density at radius 3 is 2.46 bits per heavy atom. The van der Waals surface area contributed by atoms with Gasteiger partial charge in [-0.2, -0.15) is 0 Å². The molecule has 2 amide bonds. The third kappa shape index (κ3) is 4.77. The lowest BCUT2D eigenvalue weighted by Gasteiger charge is -2.15. The van der Waals surface area contributed by atoms with E-state index in [4.69, 9.17) is 0 Å². The summed E-state index contributed by atoms with van der Waals surface area (Å²) in [7, 11) is 0. The van der Waals surface area contributed by atoms with Crippen molar-refractivity contribution in [1.82, 2.24) is 5.32 Å². The summed E-state index contributed by atoms with van der Waals surface area (Å²) in [6.07, 6.45) is 1.86. The third-order valence-electron chi connectivity index (χ3n) is 4.94. The van der Waals surface area contributed by atoms with E-state index in [1.165, 1.54) is 10.8 Å². The fourth-order valence-corrected chi connectivity index (χ4v) is 3.17. The predicted octanol–water partition coefficient (Wildman–Crippen LogP) is 4.94. The number of anilines is 1. The molecule has 28 heavy (non-hydrogen) atoms. The number of nitrogens with one attached hydrogen (secondary N) is 2. The summed E-state index contributed by atoms with van der Waals surface area (Å²) in [5.41, 5.74) is 2.18. The molecule has 1 atom stereocenters. The van der Waals surface area contributed by atoms with Crippen molar-refractivity contribution >= 4 is 28.3 Å². The molecule has 4 heteroatoms. The van der Waals surface area contributed by atoms with Crippen LogP contribution in [-0.4, -0.2) is 17.9 Å². The third-order valence-corrected chi connectivity index (χ3v) is 4.94. The van der Waals surface area contributed by atoms with Crippen LogP contribution in [0.1, 0.15) is 42.6 Å². The number of hydrogen-bond acceptors (Lipinski definition) is 2. The summed E-state index contributed by atoms with van der Waals surface area (Å²) in [5.74, 6) is -0.268. The zero-order valence-corrected chi connectivity index (χ0v) is 16.4. The van der Waals surface area contributed by atoms with E-state index in [2.05, 4.69) is 34.9 Å². The van der Waals surface area contributed by atoms with Gasteiger partial charge < -0.3 is 10.6 Å². The van der Waals surface area contributed by atoms with Gasteiger partial charge in [-0.15, -0.1) is 0 Å². The molecule has 0 fully saturated rings. The Labute approximate surface area is 166 Å². The van der Waals surface area contributed by atoms with Crippen molar-refractivity contribution in [3.63, 3.8) is 0 Å². The first-order valence-corrected chi connectivity index (χ1v) is 9.75. The maximum absolute atomic E-state index is 12.5. The van der Waals surface area contributed by atoms with Crippen LogP contribution in [-0.2, 0) is 11.2 Å². The van der Waals surface area contributed by atoms with E-state index in [9.17, 15) is 9.59 Å². The van der Waals surface area contributed by atoms with Crippen molar-refractivity contribution in [1.29, 1.82) is 0 Å². The van der Waals surface area contributed by atoms with Gasteiger partial charge in [0.15, 0.2) is 0 Å². The van der Waals surface area contributed by atoms with Crippen LogP contribution in [0.4, 0.5) is 5.69 Å². The van der Waals surface area contributed by atoms with Gasteiger partial charge in [0.2, 0.25) is 5.91 Å². The quantitative estimate of drug-likeness (QED) is 0.615. The van der Waals surface area contributed by atoms with Crippen LogP contribution in [0, 0.1) is 0 Å². The van der Waals surface area contributed by atoms with E-state index in [1.807, 2.05) is 38.1 Å². The zero-order valence-electron chi connectivity index (χ0n) is 16.4. The van der Waals surface area contributed by atoms with E-state index in [1.54, 1.807) is 18.2 Å². The first-order chi connectivity index (χ1) is 13.6. The minimum atomic E-state index is -0.167. The molecular weight excluding hydrogens is 348 g/mol. The van der Waals surface area contributed by atoms with Gasteiger partial charge in [0.05, 0.1) is 11.3 Å². The average Bonchev–Trinajstić information content (AvgIpc) is 2.72. The molecule has 3 rings (SSSR count). The zero-order chi connectivity index (χ0) is 19.9. The van der Waals surface area contributed by atoms with Gasteiger partial charge in [-0.1, -0.05) is 61.5 Å². The normalized spacial score (nSPS) is 11.8. The number of aryl methyl sites for hydroxylation is 1. The summed E-state index contributed by atoms with van der Waals surface area (Å²) < 4.78 is 0. The number of benzene rings is 3. The lowest BCUT2D eigenvalue weighted by Crippen LogP contribution is -2.32. The summed E-state index contributed by atoms with van der Waals surface area (Å²) in [6.45, 7) is 3.98. The molecular formula is C24H26N2O2. The highest BCUT2D eigenvalue weighted by Crippen LogP contribution is 2.20. The molecule has 0 aliphatic rings. The molecule has 4 nitrogen and oxygen atoms in total. The monoisotopic (exact) mass is 374 g/mol. The minimum absolute atomic E-state index is 0.0858. The Hall–Kier alpha value is -3.14. The molecule has 0 aliphatic carbocycles. The topological polar surface area (TPSA) is 58.2 Å². The predicted molar refractivity (Wildman–Crippen MR) is 115 cm³/mol. The number of rotatable bonds is 7. The van der Waals surface area contributed by atoms with E-state index in [-0.39, 0.29) is 17.9 Å². The summed E-state index contributed by atoms with van der Waals surface area (Å²) in [6, 6.07) is 21.5. The lowest BCUT2D eigenvalue weighted by molar-refractivity contribution is -0.116. The molecule has 144 valence electrons. The second-order valence-corrected chi connectivity index (χ2v) is 7.01. The molecule has 0 unspecified atom stereocenters. The standard InChI is InChI=1S/C24H26N2O2/c1-3-17(2)25-24(28)21-13-6-7-14-22(21)26-23(27)16-15-19-11-8-10-18-9-4-5-12-20(18)19/h4-14,17H,3,15-16H2,1-2H3,(H,25,28)(H,26,27)/t17-/m0/s1. The molecule has 3 aromatic rings. The van der Waals surface area contributed by atoms with Crippen molar-refractivity contribution in [2.45, 2.75) is 39.2 Å². The highest BCUT2D eigenvalue weighted by atomic mass is 16.2. The number of para-hydroxylation sites is 1. The molecule has 3 aromatic carbocycles. The average molecular weight is 374 g/mol. The molecule has 0 bridgehead atoms. The number of hydrogen-bond donors (Lipinski definition) is 2. The number of carbonyl (C=O) groups is 2. The van der Waals surface area contributed by atoms with Crippen LogP contribution >= 0.6 is 0 Å². The largest absolute Gasteiger partial charge is 0.350 e. The Morgan fingerprint density at radius 2 is 1.64 bits per heavy atom. The fraction of sp³-hybridized carbons (Fsp3) is 0.250. The van der Waals surface area contributed by atoms with Crippen LogP contribution in [0.5, 0.6) is 0 Å². The van der Waals surface area contributed by atoms with Crippen LogP contribution in [0.2, 0.25) is 0 Å². The van der Waals surface area contributed by atoms with Crippen molar-refractivity contribution in [3.8, 4) is 0 Å². The fourth-order valence-electron chi connectivity index (χ4n) is 3.17. The smallest absolute Gasteiger partial charge is 0.253 e. The van der Waals surface area contributed by atoms with Gasteiger partial charge in [0, 0.05) is 12.5 Å². The van der Waals surface area contributed by atoms with Gasteiger partial charge in [0.25, 0.3) is 5.91 Å². The molecule has 0 heterocycles. The van der Waals surface area contributed by atoms with Crippen LogP contribution in [0.15, 0.2) is 66.7 Å². The van der Waals surface area contributed by atoms with E-state index < -0.39 is 0 Å². The molecule has 0 radical (unpaired) electrons. The van der Waals surface area contributed by atoms with Crippen molar-refractivity contribution in [2.75, 3.05) is 5.32 Å². The van der Waals surface area contributed by atoms with Gasteiger partial charge in [0.1, 0.15) is 0 Å². The highest BCUT2D eigenvalue weighted by Gasteiger charge is 2.14. The Balaban J connectivity index is 1.68. The highest BCUT2D eigenvalue weighted by molar-refractivity contribution is 6.04. The first kappa shape index (κ1) is 19.6. The molecule has 0 aliphatic heterocycles. The van der Waals surface area contributed by atoms with Crippen molar-refractivity contribution in [3.05, 3.63) is 77.9 Å². The molecule has 0 saturated carbocycles. The number of amides is 2. The SMILES string of the molecule is CC[C@H](C)NC(=O)c1ccccc1NC(=O)CCc1cccc2ccccc12. The lowest BCUT2D eigenvalue weighted by atomic mass is 10.0. The second-order valence-electron chi connectivity index (χ2n) is 7.01. The van der Waals surface area contributed by atoms with Crippen LogP contribution < -0.4 is 10.6 Å². The Morgan fingerprint density at radius 1 is 0.929 bits per heavy atom. The molecule has 0 spiro atoms. The van der Waals surface area contributed by atoms with Crippen molar-refractivity contribution < 1.29 is 9.59 Å². The Bertz CT molecular complexity index is 976.